The molecule has 0 spiro atoms. The molecule has 5 nitrogen and oxygen atoms in total. The SMILES string of the molecule is Cc1cnc(N)nc1N1CCCCCC1CO. The molecule has 1 aliphatic rings. The summed E-state index contributed by atoms with van der Waals surface area (Å²) in [5.74, 6) is 1.17. The number of rotatable bonds is 2. The van der Waals surface area contributed by atoms with Gasteiger partial charge in [-0.25, -0.2) is 4.98 Å². The molecule has 0 amide bonds. The van der Waals surface area contributed by atoms with Crippen molar-refractivity contribution < 1.29 is 5.11 Å². The summed E-state index contributed by atoms with van der Waals surface area (Å²) in [5, 5.41) is 9.49. The molecule has 3 N–H and O–H groups in total. The van der Waals surface area contributed by atoms with Gasteiger partial charge in [0, 0.05) is 18.3 Å². The fourth-order valence-corrected chi connectivity index (χ4v) is 2.38. The number of aliphatic hydroxyl groups is 1. The highest BCUT2D eigenvalue weighted by molar-refractivity contribution is 5.49. The fraction of sp³-hybridized carbons (Fsp3) is 0.667. The van der Waals surface area contributed by atoms with Crippen molar-refractivity contribution in [3.8, 4) is 0 Å². The summed E-state index contributed by atoms with van der Waals surface area (Å²) in [4.78, 5) is 10.5. The molecule has 1 unspecified atom stereocenters. The van der Waals surface area contributed by atoms with Crippen LogP contribution in [0.15, 0.2) is 6.20 Å². The zero-order valence-corrected chi connectivity index (χ0v) is 10.3. The maximum absolute atomic E-state index is 9.49. The third kappa shape index (κ3) is 2.66. The van der Waals surface area contributed by atoms with Crippen LogP contribution in [0, 0.1) is 6.92 Å². The molecule has 1 atom stereocenters. The predicted octanol–water partition coefficient (Wildman–Crippen LogP) is 1.11. The molecule has 94 valence electrons. The molecule has 17 heavy (non-hydrogen) atoms. The Balaban J connectivity index is 2.31. The van der Waals surface area contributed by atoms with Crippen LogP contribution in [0.5, 0.6) is 0 Å². The minimum Gasteiger partial charge on any atom is -0.394 e. The molecule has 1 fully saturated rings. The Kier molecular flexibility index (Phi) is 3.78. The summed E-state index contributed by atoms with van der Waals surface area (Å²) in [6, 6.07) is 0.158. The molecule has 1 aromatic heterocycles. The van der Waals surface area contributed by atoms with Crippen LogP contribution in [0.25, 0.3) is 0 Å². The van der Waals surface area contributed by atoms with Crippen LogP contribution in [-0.2, 0) is 0 Å². The largest absolute Gasteiger partial charge is 0.394 e. The molecule has 0 radical (unpaired) electrons. The second-order valence-corrected chi connectivity index (χ2v) is 4.61. The number of aryl methyl sites for hydroxylation is 1. The molecule has 1 aliphatic heterocycles. The number of nitrogens with two attached hydrogens (primary N) is 1. The van der Waals surface area contributed by atoms with Crippen molar-refractivity contribution in [1.29, 1.82) is 0 Å². The van der Waals surface area contributed by atoms with Gasteiger partial charge in [-0.05, 0) is 19.8 Å². The van der Waals surface area contributed by atoms with E-state index in [0.29, 0.717) is 5.95 Å². The molecule has 1 aromatic rings. The molecule has 2 rings (SSSR count). The number of hydrogen-bond donors (Lipinski definition) is 2. The summed E-state index contributed by atoms with van der Waals surface area (Å²) >= 11 is 0. The van der Waals surface area contributed by atoms with Crippen LogP contribution in [0.1, 0.15) is 31.2 Å². The van der Waals surface area contributed by atoms with E-state index in [2.05, 4.69) is 14.9 Å². The van der Waals surface area contributed by atoms with Gasteiger partial charge in [0.1, 0.15) is 5.82 Å². The molecular weight excluding hydrogens is 216 g/mol. The second-order valence-electron chi connectivity index (χ2n) is 4.61. The Morgan fingerprint density at radius 1 is 1.47 bits per heavy atom. The molecule has 1 saturated heterocycles. The summed E-state index contributed by atoms with van der Waals surface area (Å²) < 4.78 is 0. The summed E-state index contributed by atoms with van der Waals surface area (Å²) in [6.07, 6.45) is 6.28. The van der Waals surface area contributed by atoms with E-state index in [-0.39, 0.29) is 12.6 Å². The van der Waals surface area contributed by atoms with Crippen LogP contribution in [0.2, 0.25) is 0 Å². The van der Waals surface area contributed by atoms with Crippen molar-refractivity contribution in [3.05, 3.63) is 11.8 Å². The van der Waals surface area contributed by atoms with Crippen LogP contribution in [-0.4, -0.2) is 34.3 Å². The van der Waals surface area contributed by atoms with Crippen LogP contribution in [0.3, 0.4) is 0 Å². The lowest BCUT2D eigenvalue weighted by molar-refractivity contribution is 0.254. The minimum atomic E-state index is 0.158. The Bertz CT molecular complexity index is 383. The highest BCUT2D eigenvalue weighted by Gasteiger charge is 2.23. The Morgan fingerprint density at radius 2 is 2.29 bits per heavy atom. The average molecular weight is 236 g/mol. The molecule has 0 saturated carbocycles. The van der Waals surface area contributed by atoms with Gasteiger partial charge >= 0.3 is 0 Å². The van der Waals surface area contributed by atoms with Gasteiger partial charge in [0.2, 0.25) is 5.95 Å². The first-order chi connectivity index (χ1) is 8.22. The van der Waals surface area contributed by atoms with E-state index >= 15 is 0 Å². The smallest absolute Gasteiger partial charge is 0.221 e. The quantitative estimate of drug-likeness (QED) is 0.804. The van der Waals surface area contributed by atoms with E-state index in [4.69, 9.17) is 5.73 Å². The minimum absolute atomic E-state index is 0.158. The van der Waals surface area contributed by atoms with Gasteiger partial charge in [-0.1, -0.05) is 12.8 Å². The number of nitrogens with zero attached hydrogens (tertiary/aromatic N) is 3. The van der Waals surface area contributed by atoms with E-state index in [1.54, 1.807) is 6.20 Å². The van der Waals surface area contributed by atoms with E-state index in [1.165, 1.54) is 12.8 Å². The number of anilines is 2. The molecular formula is C12H20N4O. The molecule has 0 bridgehead atoms. The number of nitrogen functional groups attached to an aromatic ring is 1. The maximum Gasteiger partial charge on any atom is 0.221 e. The van der Waals surface area contributed by atoms with Crippen molar-refractivity contribution in [2.75, 3.05) is 23.8 Å². The lowest BCUT2D eigenvalue weighted by Gasteiger charge is -2.30. The van der Waals surface area contributed by atoms with Gasteiger partial charge in [0.25, 0.3) is 0 Å². The van der Waals surface area contributed by atoms with Gasteiger partial charge in [-0.15, -0.1) is 0 Å². The molecule has 0 aliphatic carbocycles. The van der Waals surface area contributed by atoms with E-state index in [9.17, 15) is 5.11 Å². The Hall–Kier alpha value is -1.36. The van der Waals surface area contributed by atoms with Gasteiger partial charge in [-0.2, -0.15) is 4.98 Å². The van der Waals surface area contributed by atoms with Crippen molar-refractivity contribution in [3.63, 3.8) is 0 Å². The van der Waals surface area contributed by atoms with Crippen molar-refractivity contribution >= 4 is 11.8 Å². The molecule has 2 heterocycles. The highest BCUT2D eigenvalue weighted by atomic mass is 16.3. The molecule has 0 aromatic carbocycles. The number of aromatic nitrogens is 2. The highest BCUT2D eigenvalue weighted by Crippen LogP contribution is 2.25. The van der Waals surface area contributed by atoms with Crippen molar-refractivity contribution in [2.24, 2.45) is 0 Å². The van der Waals surface area contributed by atoms with Gasteiger partial charge in [0.15, 0.2) is 0 Å². The summed E-state index contributed by atoms with van der Waals surface area (Å²) in [5.41, 5.74) is 6.66. The number of hydrogen-bond acceptors (Lipinski definition) is 5. The second kappa shape index (κ2) is 5.31. The molecule has 5 heteroatoms. The van der Waals surface area contributed by atoms with Crippen LogP contribution < -0.4 is 10.6 Å². The standard InChI is InChI=1S/C12H20N4O/c1-9-7-14-12(13)15-11(9)16-6-4-2-3-5-10(16)8-17/h7,10,17H,2-6,8H2,1H3,(H2,13,14,15). The van der Waals surface area contributed by atoms with E-state index in [1.807, 2.05) is 6.92 Å². The van der Waals surface area contributed by atoms with Gasteiger partial charge in [-0.3, -0.25) is 0 Å². The third-order valence-electron chi connectivity index (χ3n) is 3.32. The lowest BCUT2D eigenvalue weighted by Crippen LogP contribution is -2.38. The van der Waals surface area contributed by atoms with Gasteiger partial charge < -0.3 is 15.7 Å². The maximum atomic E-state index is 9.49. The first kappa shape index (κ1) is 12.1. The van der Waals surface area contributed by atoms with Crippen molar-refractivity contribution in [1.82, 2.24) is 9.97 Å². The van der Waals surface area contributed by atoms with Gasteiger partial charge in [0.05, 0.1) is 12.6 Å². The number of aliphatic hydroxyl groups excluding tert-OH is 1. The average Bonchev–Trinajstić information content (AvgIpc) is 2.57. The fourth-order valence-electron chi connectivity index (χ4n) is 2.38. The van der Waals surface area contributed by atoms with E-state index in [0.717, 1.165) is 30.8 Å². The Morgan fingerprint density at radius 3 is 3.06 bits per heavy atom. The summed E-state index contributed by atoms with van der Waals surface area (Å²) in [6.45, 7) is 3.08. The Labute approximate surface area is 102 Å². The summed E-state index contributed by atoms with van der Waals surface area (Å²) in [7, 11) is 0. The third-order valence-corrected chi connectivity index (χ3v) is 3.32. The van der Waals surface area contributed by atoms with E-state index < -0.39 is 0 Å². The first-order valence-corrected chi connectivity index (χ1v) is 6.19. The first-order valence-electron chi connectivity index (χ1n) is 6.19. The zero-order chi connectivity index (χ0) is 12.3. The lowest BCUT2D eigenvalue weighted by atomic mass is 10.1. The zero-order valence-electron chi connectivity index (χ0n) is 10.3. The monoisotopic (exact) mass is 236 g/mol. The van der Waals surface area contributed by atoms with Crippen LogP contribution in [0.4, 0.5) is 11.8 Å². The van der Waals surface area contributed by atoms with Crippen molar-refractivity contribution in [2.45, 2.75) is 38.6 Å². The predicted molar refractivity (Wildman–Crippen MR) is 67.9 cm³/mol. The van der Waals surface area contributed by atoms with Crippen LogP contribution >= 0.6 is 0 Å². The topological polar surface area (TPSA) is 75.3 Å². The normalized spacial score (nSPS) is 21.3.